The van der Waals surface area contributed by atoms with Crippen molar-refractivity contribution in [2.75, 3.05) is 5.32 Å². The van der Waals surface area contributed by atoms with E-state index < -0.39 is 5.82 Å². The highest BCUT2D eigenvalue weighted by Crippen LogP contribution is 2.21. The summed E-state index contributed by atoms with van der Waals surface area (Å²) < 4.78 is 18.6. The largest absolute Gasteiger partial charge is 0.406 e. The topological polar surface area (TPSA) is 63.0 Å². The summed E-state index contributed by atoms with van der Waals surface area (Å²) in [4.78, 5) is 0. The van der Waals surface area contributed by atoms with Gasteiger partial charge in [0, 0.05) is 11.7 Å². The first-order valence-electron chi connectivity index (χ1n) is 5.82. The number of halogens is 2. The van der Waals surface area contributed by atoms with Crippen LogP contribution in [0.3, 0.4) is 0 Å². The van der Waals surface area contributed by atoms with Crippen molar-refractivity contribution in [2.24, 2.45) is 0 Å². The smallest absolute Gasteiger partial charge is 0.320 e. The van der Waals surface area contributed by atoms with Crippen LogP contribution in [0, 0.1) is 5.82 Å². The average Bonchev–Trinajstić information content (AvgIpc) is 2.79. The minimum absolute atomic E-state index is 0.0675. The van der Waals surface area contributed by atoms with E-state index in [-0.39, 0.29) is 11.0 Å². The summed E-state index contributed by atoms with van der Waals surface area (Å²) in [6.45, 7) is 4.53. The Kier molecular flexibility index (Phi) is 4.34. The monoisotopic (exact) mass is 284 g/mol. The van der Waals surface area contributed by atoms with E-state index in [0.717, 1.165) is 0 Å². The highest BCUT2D eigenvalue weighted by molar-refractivity contribution is 6.30. The Morgan fingerprint density at radius 3 is 2.84 bits per heavy atom. The molecule has 0 fully saturated rings. The van der Waals surface area contributed by atoms with Crippen LogP contribution in [0.1, 0.15) is 19.7 Å². The molecule has 1 heterocycles. The Morgan fingerprint density at radius 2 is 2.16 bits per heavy atom. The molecule has 1 aromatic carbocycles. The van der Waals surface area contributed by atoms with Gasteiger partial charge in [0.15, 0.2) is 0 Å². The Hall–Kier alpha value is -1.66. The molecule has 1 aromatic heterocycles. The van der Waals surface area contributed by atoms with Gasteiger partial charge in [-0.1, -0.05) is 30.5 Å². The molecule has 0 aliphatic heterocycles. The maximum absolute atomic E-state index is 13.2. The molecule has 2 aromatic rings. The predicted octanol–water partition coefficient (Wildman–Crippen LogP) is 3.10. The maximum Gasteiger partial charge on any atom is 0.320 e. The van der Waals surface area contributed by atoms with E-state index in [9.17, 15) is 4.39 Å². The fourth-order valence-corrected chi connectivity index (χ4v) is 1.48. The molecular formula is C12H14ClFN4O. The third kappa shape index (κ3) is 3.90. The summed E-state index contributed by atoms with van der Waals surface area (Å²) in [7, 11) is 0. The summed E-state index contributed by atoms with van der Waals surface area (Å²) in [5.41, 5.74) is 0.494. The molecule has 0 aliphatic carbocycles. The fraction of sp³-hybridized carbons (Fsp3) is 0.333. The van der Waals surface area contributed by atoms with Gasteiger partial charge < -0.3 is 15.1 Å². The van der Waals surface area contributed by atoms with Gasteiger partial charge in [-0.3, -0.25) is 0 Å². The number of hydrogen-bond donors (Lipinski definition) is 2. The number of nitrogens with zero attached hydrogens (tertiary/aromatic N) is 2. The molecule has 0 spiro atoms. The van der Waals surface area contributed by atoms with Gasteiger partial charge in [-0.15, -0.1) is 5.10 Å². The second-order valence-electron chi connectivity index (χ2n) is 4.29. The van der Waals surface area contributed by atoms with Crippen molar-refractivity contribution >= 4 is 23.3 Å². The van der Waals surface area contributed by atoms with Gasteiger partial charge in [-0.25, -0.2) is 4.39 Å². The summed E-state index contributed by atoms with van der Waals surface area (Å²) in [5.74, 6) is -0.0430. The van der Waals surface area contributed by atoms with Crippen molar-refractivity contribution in [3.63, 3.8) is 0 Å². The van der Waals surface area contributed by atoms with Crippen LogP contribution in [0.15, 0.2) is 22.6 Å². The summed E-state index contributed by atoms with van der Waals surface area (Å²) in [6, 6.07) is 4.88. The van der Waals surface area contributed by atoms with Gasteiger partial charge in [0.05, 0.1) is 11.6 Å². The molecule has 0 bridgehead atoms. The number of hydrogen-bond acceptors (Lipinski definition) is 5. The molecule has 7 heteroatoms. The molecule has 0 aliphatic rings. The van der Waals surface area contributed by atoms with Gasteiger partial charge in [0.1, 0.15) is 5.82 Å². The van der Waals surface area contributed by atoms with E-state index in [1.807, 2.05) is 13.8 Å². The standard InChI is InChI=1S/C12H14ClFN4O/c1-7(2)15-6-11-17-18-12(19-11)16-8-3-4-9(13)10(14)5-8/h3-5,7,15H,6H2,1-2H3,(H,16,18). The normalized spacial score (nSPS) is 11.0. The third-order valence-corrected chi connectivity index (χ3v) is 2.61. The van der Waals surface area contributed by atoms with Crippen LogP contribution in [0.4, 0.5) is 16.1 Å². The van der Waals surface area contributed by atoms with Crippen LogP contribution in [-0.2, 0) is 6.54 Å². The maximum atomic E-state index is 13.2. The first-order valence-corrected chi connectivity index (χ1v) is 6.20. The minimum atomic E-state index is -0.507. The van der Waals surface area contributed by atoms with E-state index >= 15 is 0 Å². The highest BCUT2D eigenvalue weighted by atomic mass is 35.5. The SMILES string of the molecule is CC(C)NCc1nnc(Nc2ccc(Cl)c(F)c2)o1. The van der Waals surface area contributed by atoms with Crippen molar-refractivity contribution in [1.82, 2.24) is 15.5 Å². The lowest BCUT2D eigenvalue weighted by Crippen LogP contribution is -2.21. The van der Waals surface area contributed by atoms with Gasteiger partial charge >= 0.3 is 6.01 Å². The Morgan fingerprint density at radius 1 is 1.37 bits per heavy atom. The fourth-order valence-electron chi connectivity index (χ4n) is 1.36. The summed E-state index contributed by atoms with van der Waals surface area (Å²) in [5, 5.41) is 13.7. The molecule has 5 nitrogen and oxygen atoms in total. The third-order valence-electron chi connectivity index (χ3n) is 2.30. The van der Waals surface area contributed by atoms with Gasteiger partial charge in [-0.05, 0) is 18.2 Å². The lowest BCUT2D eigenvalue weighted by molar-refractivity contribution is 0.460. The van der Waals surface area contributed by atoms with Crippen LogP contribution in [0.5, 0.6) is 0 Å². The quantitative estimate of drug-likeness (QED) is 0.883. The Labute approximate surface area is 115 Å². The lowest BCUT2D eigenvalue weighted by atomic mass is 10.3. The van der Waals surface area contributed by atoms with E-state index in [1.54, 1.807) is 6.07 Å². The first-order chi connectivity index (χ1) is 9.04. The minimum Gasteiger partial charge on any atom is -0.406 e. The molecule has 0 unspecified atom stereocenters. The lowest BCUT2D eigenvalue weighted by Gasteiger charge is -2.04. The molecule has 0 atom stereocenters. The predicted molar refractivity (Wildman–Crippen MR) is 71.0 cm³/mol. The number of rotatable bonds is 5. The van der Waals surface area contributed by atoms with Crippen molar-refractivity contribution in [3.8, 4) is 0 Å². The van der Waals surface area contributed by atoms with Gasteiger partial charge in [-0.2, -0.15) is 0 Å². The van der Waals surface area contributed by atoms with Crippen LogP contribution < -0.4 is 10.6 Å². The molecular weight excluding hydrogens is 271 g/mol. The highest BCUT2D eigenvalue weighted by Gasteiger charge is 2.08. The Bertz CT molecular complexity index is 558. The summed E-state index contributed by atoms with van der Waals surface area (Å²) in [6.07, 6.45) is 0. The Balaban J connectivity index is 2.01. The molecule has 0 radical (unpaired) electrons. The van der Waals surface area contributed by atoms with Crippen LogP contribution >= 0.6 is 11.6 Å². The van der Waals surface area contributed by atoms with Gasteiger partial charge in [0.2, 0.25) is 5.89 Å². The molecule has 0 saturated heterocycles. The number of benzene rings is 1. The first kappa shape index (κ1) is 13.8. The molecule has 102 valence electrons. The molecule has 2 rings (SSSR count). The zero-order valence-electron chi connectivity index (χ0n) is 10.6. The van der Waals surface area contributed by atoms with Crippen molar-refractivity contribution in [2.45, 2.75) is 26.4 Å². The van der Waals surface area contributed by atoms with E-state index in [4.69, 9.17) is 16.0 Å². The molecule has 0 amide bonds. The van der Waals surface area contributed by atoms with Crippen molar-refractivity contribution in [3.05, 3.63) is 34.9 Å². The van der Waals surface area contributed by atoms with Gasteiger partial charge in [0.25, 0.3) is 0 Å². The summed E-state index contributed by atoms with van der Waals surface area (Å²) >= 11 is 5.60. The van der Waals surface area contributed by atoms with E-state index in [0.29, 0.717) is 24.2 Å². The van der Waals surface area contributed by atoms with Crippen molar-refractivity contribution < 1.29 is 8.81 Å². The van der Waals surface area contributed by atoms with Crippen LogP contribution in [-0.4, -0.2) is 16.2 Å². The number of anilines is 2. The zero-order chi connectivity index (χ0) is 13.8. The number of nitrogens with one attached hydrogen (secondary N) is 2. The number of aromatic nitrogens is 2. The second kappa shape index (κ2) is 5.99. The van der Waals surface area contributed by atoms with E-state index in [1.165, 1.54) is 12.1 Å². The van der Waals surface area contributed by atoms with Crippen LogP contribution in [0.2, 0.25) is 5.02 Å². The molecule has 19 heavy (non-hydrogen) atoms. The molecule has 2 N–H and O–H groups in total. The second-order valence-corrected chi connectivity index (χ2v) is 4.70. The molecule has 0 saturated carbocycles. The zero-order valence-corrected chi connectivity index (χ0v) is 11.3. The van der Waals surface area contributed by atoms with Crippen LogP contribution in [0.25, 0.3) is 0 Å². The van der Waals surface area contributed by atoms with E-state index in [2.05, 4.69) is 20.8 Å². The van der Waals surface area contributed by atoms with Crippen molar-refractivity contribution in [1.29, 1.82) is 0 Å². The average molecular weight is 285 g/mol.